The van der Waals surface area contributed by atoms with Crippen LogP contribution in [0.4, 0.5) is 11.4 Å². The Morgan fingerprint density at radius 3 is 2.50 bits per heavy atom. The number of hydrogen-bond acceptors (Lipinski definition) is 4. The normalized spacial score (nSPS) is 11.3. The molecule has 0 aliphatic rings. The van der Waals surface area contributed by atoms with Gasteiger partial charge in [0.2, 0.25) is 5.91 Å². The van der Waals surface area contributed by atoms with Gasteiger partial charge in [-0.15, -0.1) is 11.3 Å². The molecule has 118 valence electrons. The number of rotatable bonds is 6. The highest BCUT2D eigenvalue weighted by atomic mass is 32.1. The molecule has 4 nitrogen and oxygen atoms in total. The summed E-state index contributed by atoms with van der Waals surface area (Å²) in [6.45, 7) is 4.55. The van der Waals surface area contributed by atoms with Gasteiger partial charge in [0.1, 0.15) is 0 Å². The van der Waals surface area contributed by atoms with E-state index in [0.717, 1.165) is 16.3 Å². The number of amides is 1. The van der Waals surface area contributed by atoms with E-state index in [9.17, 15) is 4.79 Å². The van der Waals surface area contributed by atoms with Crippen LogP contribution in [-0.4, -0.2) is 31.2 Å². The van der Waals surface area contributed by atoms with Crippen molar-refractivity contribution in [3.8, 4) is 0 Å². The van der Waals surface area contributed by atoms with Gasteiger partial charge in [0.25, 0.3) is 0 Å². The number of aliphatic hydroxyl groups excluding tert-OH is 1. The van der Waals surface area contributed by atoms with Crippen molar-refractivity contribution in [1.29, 1.82) is 0 Å². The number of aliphatic hydroxyl groups is 1. The molecule has 22 heavy (non-hydrogen) atoms. The van der Waals surface area contributed by atoms with Crippen LogP contribution in [0.5, 0.6) is 0 Å². The van der Waals surface area contributed by atoms with Crippen LogP contribution in [0.25, 0.3) is 0 Å². The Balaban J connectivity index is 2.06. The minimum Gasteiger partial charge on any atom is -0.395 e. The van der Waals surface area contributed by atoms with Crippen LogP contribution < -0.4 is 10.2 Å². The fraction of sp³-hybridized carbons (Fsp3) is 0.353. The molecule has 0 bridgehead atoms. The van der Waals surface area contributed by atoms with Gasteiger partial charge in [-0.3, -0.25) is 4.79 Å². The first-order valence-electron chi connectivity index (χ1n) is 7.22. The van der Waals surface area contributed by atoms with Gasteiger partial charge in [0.05, 0.1) is 12.0 Å². The maximum Gasteiger partial charge on any atom is 0.235 e. The topological polar surface area (TPSA) is 52.6 Å². The highest BCUT2D eigenvalue weighted by molar-refractivity contribution is 7.10. The zero-order valence-electron chi connectivity index (χ0n) is 13.2. The van der Waals surface area contributed by atoms with Crippen LogP contribution in [0.2, 0.25) is 0 Å². The number of anilines is 2. The van der Waals surface area contributed by atoms with Crippen LogP contribution in [0.1, 0.15) is 18.7 Å². The molecule has 0 unspecified atom stereocenters. The SMILES string of the molecule is CN(CCO)c1ccc(NC(=O)C(C)(C)c2cccs2)cc1. The van der Waals surface area contributed by atoms with E-state index in [2.05, 4.69) is 5.32 Å². The second-order valence-corrected chi connectivity index (χ2v) is 6.70. The summed E-state index contributed by atoms with van der Waals surface area (Å²) < 4.78 is 0. The second-order valence-electron chi connectivity index (χ2n) is 5.75. The summed E-state index contributed by atoms with van der Waals surface area (Å²) in [4.78, 5) is 15.5. The van der Waals surface area contributed by atoms with Gasteiger partial charge in [-0.1, -0.05) is 6.07 Å². The fourth-order valence-corrected chi connectivity index (χ4v) is 2.96. The lowest BCUT2D eigenvalue weighted by Gasteiger charge is -2.23. The molecule has 0 aliphatic heterocycles. The van der Waals surface area contributed by atoms with E-state index < -0.39 is 5.41 Å². The van der Waals surface area contributed by atoms with Gasteiger partial charge in [0.15, 0.2) is 0 Å². The average Bonchev–Trinajstić information content (AvgIpc) is 3.03. The van der Waals surface area contributed by atoms with Crippen molar-refractivity contribution in [2.75, 3.05) is 30.4 Å². The zero-order valence-corrected chi connectivity index (χ0v) is 14.0. The van der Waals surface area contributed by atoms with Crippen molar-refractivity contribution < 1.29 is 9.90 Å². The van der Waals surface area contributed by atoms with E-state index in [-0.39, 0.29) is 12.5 Å². The Labute approximate surface area is 135 Å². The first kappa shape index (κ1) is 16.5. The predicted octanol–water partition coefficient (Wildman–Crippen LogP) is 3.09. The van der Waals surface area contributed by atoms with Crippen molar-refractivity contribution >= 4 is 28.6 Å². The predicted molar refractivity (Wildman–Crippen MR) is 92.8 cm³/mol. The van der Waals surface area contributed by atoms with E-state index in [0.29, 0.717) is 6.54 Å². The smallest absolute Gasteiger partial charge is 0.235 e. The molecule has 0 radical (unpaired) electrons. The third kappa shape index (κ3) is 3.67. The summed E-state index contributed by atoms with van der Waals surface area (Å²) in [5.74, 6) is -0.0218. The van der Waals surface area contributed by atoms with Crippen LogP contribution in [0.15, 0.2) is 41.8 Å². The number of nitrogens with zero attached hydrogens (tertiary/aromatic N) is 1. The molecular formula is C17H22N2O2S. The van der Waals surface area contributed by atoms with Crippen molar-refractivity contribution in [3.05, 3.63) is 46.7 Å². The Kier molecular flexibility index (Phi) is 5.21. The van der Waals surface area contributed by atoms with E-state index >= 15 is 0 Å². The standard InChI is InChI=1S/C17H22N2O2S/c1-17(2,15-5-4-12-22-15)16(21)18-13-6-8-14(9-7-13)19(3)10-11-20/h4-9,12,20H,10-11H2,1-3H3,(H,18,21). The van der Waals surface area contributed by atoms with E-state index in [1.165, 1.54) is 0 Å². The van der Waals surface area contributed by atoms with Gasteiger partial charge in [-0.05, 0) is 49.6 Å². The summed E-state index contributed by atoms with van der Waals surface area (Å²) in [6.07, 6.45) is 0. The molecule has 0 spiro atoms. The molecule has 0 saturated heterocycles. The lowest BCUT2D eigenvalue weighted by Crippen LogP contribution is -2.33. The van der Waals surface area contributed by atoms with Gasteiger partial charge in [-0.25, -0.2) is 0 Å². The highest BCUT2D eigenvalue weighted by Gasteiger charge is 2.30. The zero-order chi connectivity index (χ0) is 16.2. The number of likely N-dealkylation sites (N-methyl/N-ethyl adjacent to an activating group) is 1. The highest BCUT2D eigenvalue weighted by Crippen LogP contribution is 2.29. The quantitative estimate of drug-likeness (QED) is 0.860. The van der Waals surface area contributed by atoms with Crippen LogP contribution >= 0.6 is 11.3 Å². The van der Waals surface area contributed by atoms with E-state index in [1.807, 2.05) is 67.6 Å². The number of hydrogen-bond donors (Lipinski definition) is 2. The largest absolute Gasteiger partial charge is 0.395 e. The molecule has 0 saturated carbocycles. The van der Waals surface area contributed by atoms with E-state index in [4.69, 9.17) is 5.11 Å². The van der Waals surface area contributed by atoms with Crippen LogP contribution in [0.3, 0.4) is 0 Å². The first-order chi connectivity index (χ1) is 10.4. The summed E-state index contributed by atoms with van der Waals surface area (Å²) in [7, 11) is 1.92. The number of carbonyl (C=O) groups excluding carboxylic acids is 1. The molecule has 1 amide bonds. The molecular weight excluding hydrogens is 296 g/mol. The first-order valence-corrected chi connectivity index (χ1v) is 8.10. The molecule has 1 aromatic carbocycles. The average molecular weight is 318 g/mol. The van der Waals surface area contributed by atoms with Crippen molar-refractivity contribution in [2.24, 2.45) is 0 Å². The maximum absolute atomic E-state index is 12.5. The molecule has 2 rings (SSSR count). The minimum absolute atomic E-state index is 0.0218. The lowest BCUT2D eigenvalue weighted by molar-refractivity contribution is -0.120. The Bertz CT molecular complexity index is 606. The second kappa shape index (κ2) is 6.94. The molecule has 0 fully saturated rings. The Hall–Kier alpha value is -1.85. The van der Waals surface area contributed by atoms with Gasteiger partial charge in [-0.2, -0.15) is 0 Å². The van der Waals surface area contributed by atoms with Crippen molar-refractivity contribution in [3.63, 3.8) is 0 Å². The molecule has 0 atom stereocenters. The number of carbonyl (C=O) groups is 1. The fourth-order valence-electron chi connectivity index (χ4n) is 2.11. The maximum atomic E-state index is 12.5. The Morgan fingerprint density at radius 2 is 1.95 bits per heavy atom. The Morgan fingerprint density at radius 1 is 1.27 bits per heavy atom. The summed E-state index contributed by atoms with van der Waals surface area (Å²) >= 11 is 1.59. The summed E-state index contributed by atoms with van der Waals surface area (Å²) in [6, 6.07) is 11.6. The summed E-state index contributed by atoms with van der Waals surface area (Å²) in [5, 5.41) is 13.9. The summed E-state index contributed by atoms with van der Waals surface area (Å²) in [5.41, 5.74) is 1.22. The van der Waals surface area contributed by atoms with Gasteiger partial charge >= 0.3 is 0 Å². The van der Waals surface area contributed by atoms with Crippen LogP contribution in [-0.2, 0) is 10.2 Å². The molecule has 2 aromatic rings. The van der Waals surface area contributed by atoms with Gasteiger partial charge < -0.3 is 15.3 Å². The molecule has 0 aliphatic carbocycles. The van der Waals surface area contributed by atoms with Crippen molar-refractivity contribution in [1.82, 2.24) is 0 Å². The molecule has 1 aromatic heterocycles. The number of nitrogens with one attached hydrogen (secondary N) is 1. The van der Waals surface area contributed by atoms with Gasteiger partial charge in [0, 0.05) is 29.8 Å². The third-order valence-corrected chi connectivity index (χ3v) is 4.90. The number of thiophene rings is 1. The minimum atomic E-state index is -0.555. The molecule has 5 heteroatoms. The molecule has 1 heterocycles. The lowest BCUT2D eigenvalue weighted by atomic mass is 9.90. The van der Waals surface area contributed by atoms with Crippen LogP contribution in [0, 0.1) is 0 Å². The van der Waals surface area contributed by atoms with Crippen molar-refractivity contribution in [2.45, 2.75) is 19.3 Å². The third-order valence-electron chi connectivity index (χ3n) is 3.71. The number of benzene rings is 1. The molecule has 2 N–H and O–H groups in total. The monoisotopic (exact) mass is 318 g/mol. The van der Waals surface area contributed by atoms with E-state index in [1.54, 1.807) is 11.3 Å².